The van der Waals surface area contributed by atoms with Gasteiger partial charge in [0.15, 0.2) is 6.29 Å². The van der Waals surface area contributed by atoms with Crippen molar-refractivity contribution in [2.45, 2.75) is 0 Å². The average molecular weight is 227 g/mol. The van der Waals surface area contributed by atoms with Gasteiger partial charge >= 0.3 is 0 Å². The van der Waals surface area contributed by atoms with Crippen LogP contribution in [-0.2, 0) is 0 Å². The molecule has 1 aromatic carbocycles. The molecule has 0 fully saturated rings. The van der Waals surface area contributed by atoms with E-state index in [1.807, 2.05) is 0 Å². The van der Waals surface area contributed by atoms with Crippen LogP contribution in [0.1, 0.15) is 10.4 Å². The van der Waals surface area contributed by atoms with Gasteiger partial charge in [-0.25, -0.2) is 0 Å². The maximum absolute atomic E-state index is 10.7. The second-order valence-corrected chi connectivity index (χ2v) is 4.11. The monoisotopic (exact) mass is 226 g/mol. The third-order valence-electron chi connectivity index (χ3n) is 1.98. The Morgan fingerprint density at radius 3 is 2.93 bits per heavy atom. The minimum absolute atomic E-state index is 0.579. The third-order valence-corrected chi connectivity index (χ3v) is 3.23. The summed E-state index contributed by atoms with van der Waals surface area (Å²) in [5.74, 6) is 0.714. The number of fused-ring (bicyclic) bond motifs is 1. The van der Waals surface area contributed by atoms with Crippen LogP contribution in [0.3, 0.4) is 0 Å². The number of carbonyl (C=O) groups excluding carboxylic acids is 1. The van der Waals surface area contributed by atoms with E-state index in [1.165, 1.54) is 11.3 Å². The van der Waals surface area contributed by atoms with Crippen LogP contribution in [0.4, 0.5) is 0 Å². The molecular weight excluding hydrogens is 220 g/mol. The van der Waals surface area contributed by atoms with Crippen LogP contribution in [0.5, 0.6) is 5.75 Å². The molecule has 0 atom stereocenters. The van der Waals surface area contributed by atoms with Gasteiger partial charge in [-0.15, -0.1) is 11.3 Å². The molecule has 2 aromatic rings. The predicted molar refractivity (Wildman–Crippen MR) is 58.8 cm³/mol. The van der Waals surface area contributed by atoms with E-state index in [9.17, 15) is 4.79 Å². The summed E-state index contributed by atoms with van der Waals surface area (Å²) in [5, 5.41) is 3.24. The third kappa shape index (κ3) is 1.38. The van der Waals surface area contributed by atoms with Gasteiger partial charge in [0.25, 0.3) is 0 Å². The maximum Gasteiger partial charge on any atom is 0.151 e. The highest BCUT2D eigenvalue weighted by Crippen LogP contribution is 2.35. The SMILES string of the molecule is COc1cc(Cl)cc2c(C=O)csc12. The van der Waals surface area contributed by atoms with Crippen molar-refractivity contribution in [3.05, 3.63) is 28.1 Å². The molecule has 0 bridgehead atoms. The Kier molecular flexibility index (Phi) is 2.44. The van der Waals surface area contributed by atoms with E-state index < -0.39 is 0 Å². The van der Waals surface area contributed by atoms with Gasteiger partial charge in [-0.05, 0) is 6.07 Å². The van der Waals surface area contributed by atoms with Gasteiger partial charge in [-0.1, -0.05) is 11.6 Å². The summed E-state index contributed by atoms with van der Waals surface area (Å²) in [5.41, 5.74) is 0.658. The number of halogens is 1. The van der Waals surface area contributed by atoms with Gasteiger partial charge in [-0.3, -0.25) is 4.79 Å². The smallest absolute Gasteiger partial charge is 0.151 e. The van der Waals surface area contributed by atoms with Crippen LogP contribution in [0.15, 0.2) is 17.5 Å². The van der Waals surface area contributed by atoms with Crippen molar-refractivity contribution >= 4 is 39.3 Å². The molecule has 0 radical (unpaired) electrons. The molecule has 1 aromatic heterocycles. The van der Waals surface area contributed by atoms with Crippen molar-refractivity contribution in [1.29, 1.82) is 0 Å². The number of thiophene rings is 1. The predicted octanol–water partition coefficient (Wildman–Crippen LogP) is 3.38. The molecule has 14 heavy (non-hydrogen) atoms. The lowest BCUT2D eigenvalue weighted by molar-refractivity contribution is 0.112. The highest BCUT2D eigenvalue weighted by atomic mass is 35.5. The first-order valence-corrected chi connectivity index (χ1v) is 5.22. The number of methoxy groups -OCH3 is 1. The number of hydrogen-bond donors (Lipinski definition) is 0. The lowest BCUT2D eigenvalue weighted by atomic mass is 10.2. The molecule has 4 heteroatoms. The van der Waals surface area contributed by atoms with Crippen molar-refractivity contribution in [2.24, 2.45) is 0 Å². The molecule has 0 aliphatic carbocycles. The van der Waals surface area contributed by atoms with Gasteiger partial charge in [-0.2, -0.15) is 0 Å². The van der Waals surface area contributed by atoms with Crippen molar-refractivity contribution in [3.63, 3.8) is 0 Å². The molecule has 0 unspecified atom stereocenters. The lowest BCUT2D eigenvalue weighted by Crippen LogP contribution is -1.83. The first-order valence-electron chi connectivity index (χ1n) is 3.96. The van der Waals surface area contributed by atoms with Crippen LogP contribution >= 0.6 is 22.9 Å². The largest absolute Gasteiger partial charge is 0.495 e. The van der Waals surface area contributed by atoms with Crippen molar-refractivity contribution in [2.75, 3.05) is 7.11 Å². The number of ether oxygens (including phenoxy) is 1. The zero-order valence-corrected chi connectivity index (χ0v) is 8.98. The molecule has 0 saturated carbocycles. The van der Waals surface area contributed by atoms with E-state index >= 15 is 0 Å². The first-order chi connectivity index (χ1) is 6.76. The highest BCUT2D eigenvalue weighted by Gasteiger charge is 2.09. The summed E-state index contributed by atoms with van der Waals surface area (Å²) in [7, 11) is 1.59. The van der Waals surface area contributed by atoms with E-state index in [0.717, 1.165) is 16.4 Å². The van der Waals surface area contributed by atoms with Gasteiger partial charge in [0.05, 0.1) is 11.8 Å². The molecule has 72 valence electrons. The standard InChI is InChI=1S/C10H7ClO2S/c1-13-9-3-7(11)2-8-6(4-12)5-14-10(8)9/h2-5H,1H3. The van der Waals surface area contributed by atoms with Crippen LogP contribution in [0.25, 0.3) is 10.1 Å². The molecule has 0 N–H and O–H groups in total. The first kappa shape index (κ1) is 9.49. The molecular formula is C10H7ClO2S. The highest BCUT2D eigenvalue weighted by molar-refractivity contribution is 7.18. The molecule has 0 aliphatic rings. The fourth-order valence-electron chi connectivity index (χ4n) is 1.33. The Balaban J connectivity index is 2.83. The lowest BCUT2D eigenvalue weighted by Gasteiger charge is -2.01. The van der Waals surface area contributed by atoms with E-state index in [0.29, 0.717) is 16.3 Å². The van der Waals surface area contributed by atoms with E-state index in [1.54, 1.807) is 24.6 Å². The number of rotatable bonds is 2. The molecule has 2 nitrogen and oxygen atoms in total. The Morgan fingerprint density at radius 2 is 2.29 bits per heavy atom. The summed E-state index contributed by atoms with van der Waals surface area (Å²) in [4.78, 5) is 10.7. The maximum atomic E-state index is 10.7. The quantitative estimate of drug-likeness (QED) is 0.734. The summed E-state index contributed by atoms with van der Waals surface area (Å²) >= 11 is 7.38. The van der Waals surface area contributed by atoms with Crippen LogP contribution in [-0.4, -0.2) is 13.4 Å². The van der Waals surface area contributed by atoms with E-state index in [4.69, 9.17) is 16.3 Å². The van der Waals surface area contributed by atoms with Gasteiger partial charge in [0.1, 0.15) is 5.75 Å². The number of benzene rings is 1. The van der Waals surface area contributed by atoms with Crippen molar-refractivity contribution in [3.8, 4) is 5.75 Å². The molecule has 2 rings (SSSR count). The number of aldehydes is 1. The molecule has 0 spiro atoms. The summed E-state index contributed by atoms with van der Waals surface area (Å²) in [6.07, 6.45) is 0.828. The Morgan fingerprint density at radius 1 is 1.50 bits per heavy atom. The van der Waals surface area contributed by atoms with E-state index in [-0.39, 0.29) is 0 Å². The minimum atomic E-state index is 0.579. The number of carbonyl (C=O) groups is 1. The van der Waals surface area contributed by atoms with Gasteiger partial charge < -0.3 is 4.74 Å². The van der Waals surface area contributed by atoms with Crippen LogP contribution in [0, 0.1) is 0 Å². The molecule has 0 saturated heterocycles. The van der Waals surface area contributed by atoms with Crippen LogP contribution < -0.4 is 4.74 Å². The number of hydrogen-bond acceptors (Lipinski definition) is 3. The normalized spacial score (nSPS) is 10.4. The van der Waals surface area contributed by atoms with E-state index in [2.05, 4.69) is 0 Å². The van der Waals surface area contributed by atoms with Crippen LogP contribution in [0.2, 0.25) is 5.02 Å². The van der Waals surface area contributed by atoms with Crippen molar-refractivity contribution in [1.82, 2.24) is 0 Å². The topological polar surface area (TPSA) is 26.3 Å². The van der Waals surface area contributed by atoms with Crippen molar-refractivity contribution < 1.29 is 9.53 Å². The molecule has 1 heterocycles. The van der Waals surface area contributed by atoms with Gasteiger partial charge in [0.2, 0.25) is 0 Å². The second kappa shape index (κ2) is 3.59. The zero-order chi connectivity index (χ0) is 10.1. The Labute approximate surface area is 90.1 Å². The Bertz CT molecular complexity index is 490. The van der Waals surface area contributed by atoms with Gasteiger partial charge in [0, 0.05) is 27.4 Å². The summed E-state index contributed by atoms with van der Waals surface area (Å²) in [6, 6.07) is 3.52. The minimum Gasteiger partial charge on any atom is -0.495 e. The average Bonchev–Trinajstić information content (AvgIpc) is 2.59. The Hall–Kier alpha value is -1.06. The summed E-state index contributed by atoms with van der Waals surface area (Å²) < 4.78 is 6.13. The fourth-order valence-corrected chi connectivity index (χ4v) is 2.53. The fraction of sp³-hybridized carbons (Fsp3) is 0.100. The molecule has 0 aliphatic heterocycles. The zero-order valence-electron chi connectivity index (χ0n) is 7.41. The second-order valence-electron chi connectivity index (χ2n) is 2.79. The summed E-state index contributed by atoms with van der Waals surface area (Å²) in [6.45, 7) is 0. The molecule has 0 amide bonds.